The third-order valence-corrected chi connectivity index (χ3v) is 15.6. The molecule has 7 fully saturated rings. The molecule has 4 heterocycles. The standard InChI is InChI=1S/C39H62O12/c1-18-8-13-39(46-17-18)19(2)28-26(51-39)15-25-23-7-6-21-14-22(9-11-37(21,4)24(23)10-12-38(25,28)5)48-36-34(32(44)30(42)27(16-40)49-36)50-35-33(45)31(43)29(41)20(3)47-35/h6,18-20,22-36,40-45H,7-17H2,1-5H3/t18-,19-,20-,22-,23+,24-,25-,26-,27+,28-,29-,30+,31+,32-,33+,34+,35-,36-,37-,38-,39+/m0/s1. The molecule has 21 atom stereocenters. The summed E-state index contributed by atoms with van der Waals surface area (Å²) in [5.41, 5.74) is 1.70. The summed E-state index contributed by atoms with van der Waals surface area (Å²) in [7, 11) is 0. The lowest BCUT2D eigenvalue weighted by atomic mass is 9.47. The third-order valence-electron chi connectivity index (χ3n) is 15.6. The number of ether oxygens (including phenoxy) is 6. The maximum Gasteiger partial charge on any atom is 0.187 e. The Morgan fingerprint density at radius 2 is 1.61 bits per heavy atom. The molecular weight excluding hydrogens is 660 g/mol. The van der Waals surface area contributed by atoms with E-state index in [1.54, 1.807) is 0 Å². The number of rotatable bonds is 5. The van der Waals surface area contributed by atoms with Crippen molar-refractivity contribution in [2.24, 2.45) is 46.3 Å². The van der Waals surface area contributed by atoms with E-state index in [4.69, 9.17) is 28.4 Å². The maximum absolute atomic E-state index is 11.1. The topological polar surface area (TPSA) is 177 Å². The quantitative estimate of drug-likeness (QED) is 0.229. The van der Waals surface area contributed by atoms with Gasteiger partial charge in [-0.3, -0.25) is 0 Å². The molecule has 12 nitrogen and oxygen atoms in total. The Kier molecular flexibility index (Phi) is 9.83. The molecule has 4 saturated heterocycles. The number of hydrogen-bond donors (Lipinski definition) is 6. The van der Waals surface area contributed by atoms with Crippen molar-refractivity contribution in [3.05, 3.63) is 11.6 Å². The van der Waals surface area contributed by atoms with Gasteiger partial charge in [-0.05, 0) is 98.7 Å². The Bertz CT molecular complexity index is 1300. The van der Waals surface area contributed by atoms with Gasteiger partial charge in [-0.15, -0.1) is 0 Å². The molecule has 0 radical (unpaired) electrons. The normalized spacial score (nSPS) is 58.4. The molecule has 0 aromatic carbocycles. The van der Waals surface area contributed by atoms with Crippen molar-refractivity contribution in [1.82, 2.24) is 0 Å². The van der Waals surface area contributed by atoms with Crippen molar-refractivity contribution in [2.75, 3.05) is 13.2 Å². The van der Waals surface area contributed by atoms with E-state index in [0.717, 1.165) is 38.7 Å². The molecule has 0 aromatic rings. The van der Waals surface area contributed by atoms with E-state index < -0.39 is 73.8 Å². The van der Waals surface area contributed by atoms with E-state index in [1.807, 2.05) is 0 Å². The highest BCUT2D eigenvalue weighted by Gasteiger charge is 2.68. The van der Waals surface area contributed by atoms with Gasteiger partial charge < -0.3 is 59.1 Å². The number of fused-ring (bicyclic) bond motifs is 7. The molecule has 0 bridgehead atoms. The Morgan fingerprint density at radius 1 is 0.824 bits per heavy atom. The Balaban J connectivity index is 0.964. The van der Waals surface area contributed by atoms with Crippen molar-refractivity contribution in [3.63, 3.8) is 0 Å². The van der Waals surface area contributed by atoms with Crippen LogP contribution in [0.2, 0.25) is 0 Å². The fourth-order valence-electron chi connectivity index (χ4n) is 12.5. The highest BCUT2D eigenvalue weighted by atomic mass is 16.8. The third kappa shape index (κ3) is 5.84. The van der Waals surface area contributed by atoms with Crippen LogP contribution in [0.5, 0.6) is 0 Å². The zero-order valence-corrected chi connectivity index (χ0v) is 30.9. The summed E-state index contributed by atoms with van der Waals surface area (Å²) in [4.78, 5) is 0. The lowest BCUT2D eigenvalue weighted by Crippen LogP contribution is -2.64. The highest BCUT2D eigenvalue weighted by Crippen LogP contribution is 2.70. The summed E-state index contributed by atoms with van der Waals surface area (Å²) in [6, 6.07) is 0. The van der Waals surface area contributed by atoms with Gasteiger partial charge in [-0.1, -0.05) is 39.3 Å². The van der Waals surface area contributed by atoms with Crippen LogP contribution in [0.25, 0.3) is 0 Å². The lowest BCUT2D eigenvalue weighted by molar-refractivity contribution is -0.369. The summed E-state index contributed by atoms with van der Waals surface area (Å²) < 4.78 is 37.6. The Labute approximate surface area is 301 Å². The van der Waals surface area contributed by atoms with Gasteiger partial charge in [0.05, 0.1) is 31.5 Å². The van der Waals surface area contributed by atoms with Crippen LogP contribution in [0.4, 0.5) is 0 Å². The predicted octanol–water partition coefficient (Wildman–Crippen LogP) is 2.39. The lowest BCUT2D eigenvalue weighted by Gasteiger charge is -2.58. The molecule has 0 amide bonds. The van der Waals surface area contributed by atoms with E-state index in [9.17, 15) is 30.6 Å². The van der Waals surface area contributed by atoms with E-state index in [-0.39, 0.29) is 23.0 Å². The average molecular weight is 723 g/mol. The zero-order valence-electron chi connectivity index (χ0n) is 30.9. The van der Waals surface area contributed by atoms with Crippen LogP contribution in [0.3, 0.4) is 0 Å². The smallest absolute Gasteiger partial charge is 0.187 e. The van der Waals surface area contributed by atoms with Crippen molar-refractivity contribution in [2.45, 2.75) is 172 Å². The monoisotopic (exact) mass is 722 g/mol. The van der Waals surface area contributed by atoms with Crippen molar-refractivity contribution in [1.29, 1.82) is 0 Å². The summed E-state index contributed by atoms with van der Waals surface area (Å²) in [5.74, 6) is 2.92. The van der Waals surface area contributed by atoms with E-state index in [2.05, 4.69) is 33.8 Å². The molecular formula is C39H62O12. The van der Waals surface area contributed by atoms with Crippen molar-refractivity contribution in [3.8, 4) is 0 Å². The maximum atomic E-state index is 11.1. The average Bonchev–Trinajstić information content (AvgIpc) is 3.56. The fourth-order valence-corrected chi connectivity index (χ4v) is 12.5. The van der Waals surface area contributed by atoms with Crippen molar-refractivity contribution >= 4 is 0 Å². The number of aliphatic hydroxyl groups is 6. The molecule has 290 valence electrons. The van der Waals surface area contributed by atoms with Gasteiger partial charge in [-0.25, -0.2) is 0 Å². The molecule has 8 rings (SSSR count). The number of hydrogen-bond acceptors (Lipinski definition) is 12. The molecule has 4 aliphatic carbocycles. The molecule has 0 aromatic heterocycles. The van der Waals surface area contributed by atoms with Crippen LogP contribution in [0, 0.1) is 46.3 Å². The molecule has 4 aliphatic heterocycles. The first-order chi connectivity index (χ1) is 24.2. The minimum Gasteiger partial charge on any atom is -0.394 e. The Morgan fingerprint density at radius 3 is 2.33 bits per heavy atom. The predicted molar refractivity (Wildman–Crippen MR) is 182 cm³/mol. The second-order valence-corrected chi connectivity index (χ2v) is 18.3. The van der Waals surface area contributed by atoms with Crippen LogP contribution in [-0.2, 0) is 28.4 Å². The van der Waals surface area contributed by atoms with E-state index in [0.29, 0.717) is 41.9 Å². The van der Waals surface area contributed by atoms with E-state index >= 15 is 0 Å². The summed E-state index contributed by atoms with van der Waals surface area (Å²) >= 11 is 0. The van der Waals surface area contributed by atoms with Crippen LogP contribution in [-0.4, -0.2) is 123 Å². The Hall–Kier alpha value is -0.740. The second-order valence-electron chi connectivity index (χ2n) is 18.3. The zero-order chi connectivity index (χ0) is 36.2. The second kappa shape index (κ2) is 13.5. The van der Waals surface area contributed by atoms with Gasteiger partial charge in [0.1, 0.15) is 42.7 Å². The van der Waals surface area contributed by atoms with Crippen LogP contribution < -0.4 is 0 Å². The fraction of sp³-hybridized carbons (Fsp3) is 0.949. The van der Waals surface area contributed by atoms with E-state index in [1.165, 1.54) is 31.8 Å². The summed E-state index contributed by atoms with van der Waals surface area (Å²) in [6.07, 6.45) is -1.68. The van der Waals surface area contributed by atoms with Crippen LogP contribution in [0.1, 0.15) is 92.4 Å². The first-order valence-corrected chi connectivity index (χ1v) is 19.8. The molecule has 51 heavy (non-hydrogen) atoms. The van der Waals surface area contributed by atoms with Gasteiger partial charge >= 0.3 is 0 Å². The summed E-state index contributed by atoms with van der Waals surface area (Å²) in [5, 5.41) is 62.9. The molecule has 0 unspecified atom stereocenters. The molecule has 12 heteroatoms. The number of aliphatic hydroxyl groups excluding tert-OH is 6. The van der Waals surface area contributed by atoms with Crippen LogP contribution in [0.15, 0.2) is 11.6 Å². The molecule has 3 saturated carbocycles. The van der Waals surface area contributed by atoms with Crippen molar-refractivity contribution < 1.29 is 59.1 Å². The summed E-state index contributed by atoms with van der Waals surface area (Å²) in [6.45, 7) is 11.5. The van der Waals surface area contributed by atoms with Gasteiger partial charge in [0, 0.05) is 12.3 Å². The molecule has 8 aliphatic rings. The molecule has 6 N–H and O–H groups in total. The van der Waals surface area contributed by atoms with Crippen LogP contribution >= 0.6 is 0 Å². The number of allylic oxidation sites excluding steroid dienone is 1. The van der Waals surface area contributed by atoms with Gasteiger partial charge in [0.15, 0.2) is 18.4 Å². The van der Waals surface area contributed by atoms with Gasteiger partial charge in [0.2, 0.25) is 0 Å². The van der Waals surface area contributed by atoms with Gasteiger partial charge in [0.25, 0.3) is 0 Å². The first-order valence-electron chi connectivity index (χ1n) is 19.8. The SMILES string of the molecule is C[C@H]1CC[C@@]2(OC1)O[C@H]1C[C@H]3[C@@H]4CC=C5C[C@@H](O[C@H]6O[C@H](CO)[C@@H](O)[C@H](O)[C@H]6O[C@@H]6O[C@@H](C)[C@H](O)[C@@H](O)[C@H]6O)CC[C@]5(C)[C@H]4CC[C@]3(C)[C@H]1[C@@H]2C. The van der Waals surface area contributed by atoms with Gasteiger partial charge in [-0.2, -0.15) is 0 Å². The first kappa shape index (κ1) is 37.2. The highest BCUT2D eigenvalue weighted by molar-refractivity contribution is 5.26. The molecule has 1 spiro atoms. The minimum absolute atomic E-state index is 0.0535. The minimum atomic E-state index is -1.61. The largest absolute Gasteiger partial charge is 0.394 e.